The van der Waals surface area contributed by atoms with Crippen LogP contribution < -0.4 is 10.6 Å². The van der Waals surface area contributed by atoms with E-state index < -0.39 is 10.0 Å². The van der Waals surface area contributed by atoms with Crippen LogP contribution in [0.5, 0.6) is 0 Å². The molecule has 0 radical (unpaired) electrons. The van der Waals surface area contributed by atoms with Crippen LogP contribution in [-0.2, 0) is 27.8 Å². The maximum absolute atomic E-state index is 11.8. The van der Waals surface area contributed by atoms with Crippen molar-refractivity contribution in [2.75, 3.05) is 59.2 Å². The number of benzene rings is 1. The Hall–Kier alpha value is -1.68. The lowest BCUT2D eigenvalue weighted by Crippen LogP contribution is -2.39. The van der Waals surface area contributed by atoms with Gasteiger partial charge in [0.25, 0.3) is 0 Å². The smallest absolute Gasteiger partial charge is 0.213 e. The molecule has 1 aromatic carbocycles. The van der Waals surface area contributed by atoms with Gasteiger partial charge in [0.2, 0.25) is 10.0 Å². The maximum atomic E-state index is 11.8. The molecule has 1 saturated heterocycles. The van der Waals surface area contributed by atoms with E-state index in [0.29, 0.717) is 32.0 Å². The van der Waals surface area contributed by atoms with Gasteiger partial charge in [0.15, 0.2) is 5.96 Å². The Morgan fingerprint density at radius 2 is 1.90 bits per heavy atom. The summed E-state index contributed by atoms with van der Waals surface area (Å²) in [5.74, 6) is 0.844. The summed E-state index contributed by atoms with van der Waals surface area (Å²) in [6.45, 7) is 7.93. The van der Waals surface area contributed by atoms with Crippen molar-refractivity contribution in [1.82, 2.24) is 19.8 Å². The molecule has 9 heteroatoms. The van der Waals surface area contributed by atoms with Crippen molar-refractivity contribution in [2.45, 2.75) is 26.4 Å². The standard InChI is InChI=1S/C20H35N5O3S/c1-4-29(26,27)24(3)11-7-10-22-20(21-2)23-16-18-8-5-6-9-19(18)17-25-12-14-28-15-13-25/h5-6,8-9H,4,7,10-17H2,1-3H3,(H2,21,22,23). The summed E-state index contributed by atoms with van der Waals surface area (Å²) in [6, 6.07) is 8.44. The summed E-state index contributed by atoms with van der Waals surface area (Å²) in [5.41, 5.74) is 2.56. The topological polar surface area (TPSA) is 86.3 Å². The summed E-state index contributed by atoms with van der Waals surface area (Å²) < 4.78 is 30.4. The van der Waals surface area contributed by atoms with Gasteiger partial charge >= 0.3 is 0 Å². The molecule has 1 heterocycles. The third kappa shape index (κ3) is 7.93. The summed E-state index contributed by atoms with van der Waals surface area (Å²) in [6.07, 6.45) is 0.712. The number of hydrogen-bond donors (Lipinski definition) is 2. The lowest BCUT2D eigenvalue weighted by Gasteiger charge is -2.27. The molecule has 0 spiro atoms. The van der Waals surface area contributed by atoms with Crippen molar-refractivity contribution < 1.29 is 13.2 Å². The van der Waals surface area contributed by atoms with Gasteiger partial charge in [-0.05, 0) is 24.5 Å². The van der Waals surface area contributed by atoms with Gasteiger partial charge in [-0.15, -0.1) is 0 Å². The van der Waals surface area contributed by atoms with Gasteiger partial charge in [0.1, 0.15) is 0 Å². The van der Waals surface area contributed by atoms with Crippen LogP contribution in [0.3, 0.4) is 0 Å². The van der Waals surface area contributed by atoms with E-state index in [1.807, 2.05) is 0 Å². The van der Waals surface area contributed by atoms with Gasteiger partial charge in [-0.2, -0.15) is 0 Å². The van der Waals surface area contributed by atoms with E-state index in [9.17, 15) is 8.42 Å². The molecule has 0 atom stereocenters. The van der Waals surface area contributed by atoms with E-state index in [1.54, 1.807) is 21.0 Å². The number of rotatable bonds is 10. The third-order valence-corrected chi connectivity index (χ3v) is 6.93. The lowest BCUT2D eigenvalue weighted by atomic mass is 10.1. The first kappa shape index (κ1) is 23.6. The van der Waals surface area contributed by atoms with Crippen molar-refractivity contribution >= 4 is 16.0 Å². The first-order valence-electron chi connectivity index (χ1n) is 10.2. The van der Waals surface area contributed by atoms with E-state index in [-0.39, 0.29) is 5.75 Å². The molecule has 0 unspecified atom stereocenters. The Morgan fingerprint density at radius 3 is 2.55 bits per heavy atom. The molecular formula is C20H35N5O3S. The van der Waals surface area contributed by atoms with E-state index in [4.69, 9.17) is 4.74 Å². The number of nitrogens with one attached hydrogen (secondary N) is 2. The highest BCUT2D eigenvalue weighted by Gasteiger charge is 2.14. The van der Waals surface area contributed by atoms with Gasteiger partial charge in [-0.3, -0.25) is 9.89 Å². The van der Waals surface area contributed by atoms with Crippen molar-refractivity contribution in [2.24, 2.45) is 4.99 Å². The quantitative estimate of drug-likeness (QED) is 0.328. The summed E-state index contributed by atoms with van der Waals surface area (Å²) in [7, 11) is 0.241. The van der Waals surface area contributed by atoms with Crippen LogP contribution >= 0.6 is 0 Å². The number of aliphatic imine (C=N–C) groups is 1. The molecule has 1 aromatic rings. The molecule has 0 aliphatic carbocycles. The van der Waals surface area contributed by atoms with Gasteiger partial charge in [0.05, 0.1) is 19.0 Å². The van der Waals surface area contributed by atoms with Gasteiger partial charge < -0.3 is 15.4 Å². The average Bonchev–Trinajstić information content (AvgIpc) is 2.74. The molecular weight excluding hydrogens is 390 g/mol. The Kier molecular flexibility index (Phi) is 9.86. The third-order valence-electron chi connectivity index (χ3n) is 5.07. The highest BCUT2D eigenvalue weighted by molar-refractivity contribution is 7.89. The second-order valence-corrected chi connectivity index (χ2v) is 9.45. The molecule has 29 heavy (non-hydrogen) atoms. The average molecular weight is 426 g/mol. The number of nitrogens with zero attached hydrogens (tertiary/aromatic N) is 3. The second kappa shape index (κ2) is 12.1. The molecule has 2 rings (SSSR count). The molecule has 0 amide bonds. The van der Waals surface area contributed by atoms with E-state index in [1.165, 1.54) is 15.4 Å². The SMILES string of the molecule is CCS(=O)(=O)N(C)CCCNC(=NC)NCc1ccccc1CN1CCOCC1. The summed E-state index contributed by atoms with van der Waals surface area (Å²) in [4.78, 5) is 6.68. The number of ether oxygens (including phenoxy) is 1. The van der Waals surface area contributed by atoms with Crippen LogP contribution in [0.25, 0.3) is 0 Å². The normalized spacial score (nSPS) is 16.2. The highest BCUT2D eigenvalue weighted by Crippen LogP contribution is 2.13. The lowest BCUT2D eigenvalue weighted by molar-refractivity contribution is 0.0341. The largest absolute Gasteiger partial charge is 0.379 e. The molecule has 0 bridgehead atoms. The molecule has 1 aliphatic rings. The van der Waals surface area contributed by atoms with Crippen molar-refractivity contribution in [3.8, 4) is 0 Å². The van der Waals surface area contributed by atoms with Crippen molar-refractivity contribution in [3.05, 3.63) is 35.4 Å². The van der Waals surface area contributed by atoms with Crippen molar-refractivity contribution in [3.63, 3.8) is 0 Å². The predicted octanol–water partition coefficient (Wildman–Crippen LogP) is 0.855. The van der Waals surface area contributed by atoms with Crippen LogP contribution in [0, 0.1) is 0 Å². The van der Waals surface area contributed by atoms with Gasteiger partial charge in [-0.1, -0.05) is 24.3 Å². The van der Waals surface area contributed by atoms with E-state index in [0.717, 1.165) is 32.8 Å². The Morgan fingerprint density at radius 1 is 1.21 bits per heavy atom. The van der Waals surface area contributed by atoms with Crippen LogP contribution in [0.4, 0.5) is 0 Å². The van der Waals surface area contributed by atoms with Crippen LogP contribution in [0.15, 0.2) is 29.3 Å². The first-order chi connectivity index (χ1) is 14.0. The van der Waals surface area contributed by atoms with Gasteiger partial charge in [-0.25, -0.2) is 12.7 Å². The molecule has 0 saturated carbocycles. The molecule has 8 nitrogen and oxygen atoms in total. The number of hydrogen-bond acceptors (Lipinski definition) is 5. The van der Waals surface area contributed by atoms with Crippen molar-refractivity contribution in [1.29, 1.82) is 0 Å². The minimum Gasteiger partial charge on any atom is -0.379 e. The maximum Gasteiger partial charge on any atom is 0.213 e. The fraction of sp³-hybridized carbons (Fsp3) is 0.650. The number of guanidine groups is 1. The zero-order valence-corrected chi connectivity index (χ0v) is 18.7. The van der Waals surface area contributed by atoms with Crippen LogP contribution in [0.2, 0.25) is 0 Å². The van der Waals surface area contributed by atoms with Crippen LogP contribution in [0.1, 0.15) is 24.5 Å². The van der Waals surface area contributed by atoms with Gasteiger partial charge in [0, 0.05) is 53.4 Å². The number of sulfonamides is 1. The molecule has 0 aromatic heterocycles. The zero-order valence-electron chi connectivity index (χ0n) is 17.9. The zero-order chi connectivity index (χ0) is 21.1. The molecule has 1 fully saturated rings. The molecule has 164 valence electrons. The van der Waals surface area contributed by atoms with Crippen LogP contribution in [-0.4, -0.2) is 82.8 Å². The predicted molar refractivity (Wildman–Crippen MR) is 117 cm³/mol. The Labute approximate surface area is 175 Å². The Balaban J connectivity index is 1.79. The van der Waals surface area contributed by atoms with E-state index >= 15 is 0 Å². The molecule has 2 N–H and O–H groups in total. The second-order valence-electron chi connectivity index (χ2n) is 7.09. The first-order valence-corrected chi connectivity index (χ1v) is 11.8. The summed E-state index contributed by atoms with van der Waals surface area (Å²) in [5, 5.41) is 6.61. The number of morpholine rings is 1. The fourth-order valence-corrected chi connectivity index (χ4v) is 4.00. The monoisotopic (exact) mass is 425 g/mol. The molecule has 1 aliphatic heterocycles. The minimum absolute atomic E-state index is 0.129. The minimum atomic E-state index is -3.12. The fourth-order valence-electron chi connectivity index (χ4n) is 3.15. The highest BCUT2D eigenvalue weighted by atomic mass is 32.2. The summed E-state index contributed by atoms with van der Waals surface area (Å²) >= 11 is 0. The van der Waals surface area contributed by atoms with E-state index in [2.05, 4.69) is 44.8 Å². The Bertz CT molecular complexity index is 748.